The first-order chi connectivity index (χ1) is 9.92. The maximum absolute atomic E-state index is 6.24. The summed E-state index contributed by atoms with van der Waals surface area (Å²) >= 11 is 0. The highest BCUT2D eigenvalue weighted by Gasteiger charge is 2.36. The first-order valence-electron chi connectivity index (χ1n) is 7.41. The monoisotopic (exact) mass is 264 g/mol. The van der Waals surface area contributed by atoms with Gasteiger partial charge in [-0.2, -0.15) is 0 Å². The Morgan fingerprint density at radius 1 is 0.950 bits per heavy atom. The van der Waals surface area contributed by atoms with Gasteiger partial charge in [0.1, 0.15) is 5.75 Å². The molecular weight excluding hydrogens is 247 g/mol. The van der Waals surface area contributed by atoms with Crippen LogP contribution in [-0.4, -0.2) is 7.12 Å². The molecule has 100 valence electrons. The van der Waals surface area contributed by atoms with Gasteiger partial charge in [0.15, 0.2) is 0 Å². The first-order valence-corrected chi connectivity index (χ1v) is 7.41. The van der Waals surface area contributed by atoms with E-state index in [1.54, 1.807) is 0 Å². The van der Waals surface area contributed by atoms with Crippen LogP contribution in [0.5, 0.6) is 5.75 Å². The summed E-state index contributed by atoms with van der Waals surface area (Å²) < 4.78 is 12.3. The molecular formula is C17H17BO2. The van der Waals surface area contributed by atoms with E-state index in [1.807, 2.05) is 18.2 Å². The molecule has 0 fully saturated rings. The van der Waals surface area contributed by atoms with Crippen LogP contribution in [-0.2, 0) is 11.1 Å². The lowest BCUT2D eigenvalue weighted by atomic mass is 9.76. The summed E-state index contributed by atoms with van der Waals surface area (Å²) in [5.41, 5.74) is 3.78. The lowest BCUT2D eigenvalue weighted by Gasteiger charge is -2.31. The summed E-state index contributed by atoms with van der Waals surface area (Å²) in [5, 5.41) is 0. The van der Waals surface area contributed by atoms with Crippen LogP contribution in [0.4, 0.5) is 0 Å². The first kappa shape index (κ1) is 12.0. The number of hydrogen-bond acceptors (Lipinski definition) is 2. The van der Waals surface area contributed by atoms with Gasteiger partial charge in [-0.3, -0.25) is 0 Å². The maximum atomic E-state index is 6.24. The van der Waals surface area contributed by atoms with Gasteiger partial charge in [0.05, 0.1) is 6.10 Å². The van der Waals surface area contributed by atoms with Crippen LogP contribution in [0.1, 0.15) is 36.5 Å². The van der Waals surface area contributed by atoms with E-state index in [-0.39, 0.29) is 13.2 Å². The quantitative estimate of drug-likeness (QED) is 0.736. The lowest BCUT2D eigenvalue weighted by molar-refractivity contribution is 0.148. The maximum Gasteiger partial charge on any atom is 0.563 e. The molecule has 20 heavy (non-hydrogen) atoms. The summed E-state index contributed by atoms with van der Waals surface area (Å²) in [7, 11) is -0.276. The van der Waals surface area contributed by atoms with Gasteiger partial charge >= 0.3 is 7.12 Å². The Balaban J connectivity index is 1.75. The van der Waals surface area contributed by atoms with E-state index in [0.717, 1.165) is 24.1 Å². The molecule has 0 saturated heterocycles. The van der Waals surface area contributed by atoms with E-state index >= 15 is 0 Å². The van der Waals surface area contributed by atoms with Crippen molar-refractivity contribution >= 4 is 12.6 Å². The molecule has 2 aliphatic rings. The zero-order chi connectivity index (χ0) is 13.4. The minimum absolute atomic E-state index is 0.183. The summed E-state index contributed by atoms with van der Waals surface area (Å²) in [5.74, 6) is 1.01. The fourth-order valence-corrected chi connectivity index (χ4v) is 3.25. The number of hydrogen-bond donors (Lipinski definition) is 0. The molecule has 2 aromatic carbocycles. The molecule has 0 aromatic heterocycles. The zero-order valence-electron chi connectivity index (χ0n) is 11.4. The van der Waals surface area contributed by atoms with Crippen molar-refractivity contribution in [1.82, 2.24) is 0 Å². The van der Waals surface area contributed by atoms with E-state index in [2.05, 4.69) is 30.3 Å². The standard InChI is InChI=1S/C17H17BO2/c1-2-9-14(10-3-1)18-19-15-11-5-4-7-13-8-6-12-16(20-18)17(13)15/h1-3,6,8-10,12,15H,4-5,7,11H2. The van der Waals surface area contributed by atoms with Crippen LogP contribution in [0, 0.1) is 0 Å². The van der Waals surface area contributed by atoms with Crippen LogP contribution in [0.15, 0.2) is 48.5 Å². The Hall–Kier alpha value is -1.74. The molecule has 0 amide bonds. The Labute approximate surface area is 119 Å². The molecule has 2 aromatic rings. The molecule has 0 bridgehead atoms. The van der Waals surface area contributed by atoms with E-state index in [4.69, 9.17) is 9.31 Å². The Kier molecular flexibility index (Phi) is 3.00. The van der Waals surface area contributed by atoms with E-state index < -0.39 is 0 Å². The topological polar surface area (TPSA) is 18.5 Å². The van der Waals surface area contributed by atoms with Crippen LogP contribution >= 0.6 is 0 Å². The van der Waals surface area contributed by atoms with Crippen LogP contribution in [0.2, 0.25) is 0 Å². The van der Waals surface area contributed by atoms with Crippen molar-refractivity contribution in [2.24, 2.45) is 0 Å². The van der Waals surface area contributed by atoms with Gasteiger partial charge in [0.2, 0.25) is 0 Å². The third kappa shape index (κ3) is 2.02. The Morgan fingerprint density at radius 2 is 1.85 bits per heavy atom. The normalized spacial score (nSPS) is 20.8. The molecule has 1 aliphatic heterocycles. The molecule has 1 atom stereocenters. The van der Waals surface area contributed by atoms with Crippen LogP contribution in [0.25, 0.3) is 0 Å². The average molecular weight is 264 g/mol. The van der Waals surface area contributed by atoms with Crippen molar-refractivity contribution in [3.05, 3.63) is 59.7 Å². The Bertz CT molecular complexity index is 612. The minimum Gasteiger partial charge on any atom is -0.532 e. The summed E-state index contributed by atoms with van der Waals surface area (Å²) in [6.07, 6.45) is 4.88. The second-order valence-corrected chi connectivity index (χ2v) is 5.56. The molecule has 0 spiro atoms. The highest BCUT2D eigenvalue weighted by molar-refractivity contribution is 6.62. The number of aryl methyl sites for hydroxylation is 1. The number of rotatable bonds is 1. The van der Waals surface area contributed by atoms with E-state index in [9.17, 15) is 0 Å². The van der Waals surface area contributed by atoms with Gasteiger partial charge < -0.3 is 9.31 Å². The summed E-state index contributed by atoms with van der Waals surface area (Å²) in [6, 6.07) is 16.6. The fraction of sp³-hybridized carbons (Fsp3) is 0.294. The van der Waals surface area contributed by atoms with Crippen molar-refractivity contribution in [3.8, 4) is 5.75 Å². The lowest BCUT2D eigenvalue weighted by Crippen LogP contribution is -2.43. The molecule has 3 heteroatoms. The van der Waals surface area contributed by atoms with Gasteiger partial charge in [-0.1, -0.05) is 48.9 Å². The van der Waals surface area contributed by atoms with E-state index in [1.165, 1.54) is 24.0 Å². The molecule has 2 nitrogen and oxygen atoms in total. The van der Waals surface area contributed by atoms with E-state index in [0.29, 0.717) is 0 Å². The third-order valence-electron chi connectivity index (χ3n) is 4.23. The fourth-order valence-electron chi connectivity index (χ4n) is 3.25. The van der Waals surface area contributed by atoms with Crippen molar-refractivity contribution in [2.75, 3.05) is 0 Å². The predicted molar refractivity (Wildman–Crippen MR) is 80.3 cm³/mol. The van der Waals surface area contributed by atoms with Crippen molar-refractivity contribution < 1.29 is 9.31 Å². The second-order valence-electron chi connectivity index (χ2n) is 5.56. The van der Waals surface area contributed by atoms with Crippen molar-refractivity contribution in [1.29, 1.82) is 0 Å². The number of benzene rings is 2. The molecule has 1 unspecified atom stereocenters. The van der Waals surface area contributed by atoms with Crippen LogP contribution < -0.4 is 10.1 Å². The molecule has 0 radical (unpaired) electrons. The van der Waals surface area contributed by atoms with Gasteiger partial charge in [0.25, 0.3) is 0 Å². The van der Waals surface area contributed by atoms with Crippen molar-refractivity contribution in [2.45, 2.75) is 31.8 Å². The average Bonchev–Trinajstić information content (AvgIpc) is 2.72. The highest BCUT2D eigenvalue weighted by Crippen LogP contribution is 2.41. The Morgan fingerprint density at radius 3 is 2.75 bits per heavy atom. The second kappa shape index (κ2) is 4.99. The SMILES string of the molecule is c1ccc(B2Oc3cccc4c3C(CCCC4)O2)cc1. The summed E-state index contributed by atoms with van der Waals surface area (Å²) in [4.78, 5) is 0. The third-order valence-corrected chi connectivity index (χ3v) is 4.23. The molecule has 0 N–H and O–H groups in total. The smallest absolute Gasteiger partial charge is 0.532 e. The minimum atomic E-state index is -0.276. The van der Waals surface area contributed by atoms with Gasteiger partial charge in [-0.25, -0.2) is 0 Å². The summed E-state index contributed by atoms with van der Waals surface area (Å²) in [6.45, 7) is 0. The molecule has 1 aliphatic carbocycles. The molecule has 0 saturated carbocycles. The molecule has 4 rings (SSSR count). The predicted octanol–water partition coefficient (Wildman–Crippen LogP) is 3.26. The molecule has 1 heterocycles. The zero-order valence-corrected chi connectivity index (χ0v) is 11.4. The highest BCUT2D eigenvalue weighted by atomic mass is 16.6. The van der Waals surface area contributed by atoms with Gasteiger partial charge in [0, 0.05) is 5.56 Å². The van der Waals surface area contributed by atoms with Gasteiger partial charge in [-0.15, -0.1) is 0 Å². The van der Waals surface area contributed by atoms with Crippen LogP contribution in [0.3, 0.4) is 0 Å². The largest absolute Gasteiger partial charge is 0.563 e. The van der Waals surface area contributed by atoms with Gasteiger partial charge in [-0.05, 0) is 36.4 Å². The van der Waals surface area contributed by atoms with Crippen molar-refractivity contribution in [3.63, 3.8) is 0 Å².